The molecule has 0 fully saturated rings. The second kappa shape index (κ2) is 4.81. The summed E-state index contributed by atoms with van der Waals surface area (Å²) in [5.74, 6) is 0. The van der Waals surface area contributed by atoms with Crippen LogP contribution in [-0.4, -0.2) is 19.9 Å². The van der Waals surface area contributed by atoms with Crippen molar-refractivity contribution in [2.45, 2.75) is 17.1 Å². The summed E-state index contributed by atoms with van der Waals surface area (Å²) in [6, 6.07) is 7.46. The molecule has 3 aromatic rings. The smallest absolute Gasteiger partial charge is 0.194 e. The molecule has 0 atom stereocenters. The summed E-state index contributed by atoms with van der Waals surface area (Å²) < 4.78 is 0. The lowest BCUT2D eigenvalue weighted by Gasteiger charge is -2.04. The van der Waals surface area contributed by atoms with E-state index in [1.807, 2.05) is 31.2 Å². The molecule has 2 N–H and O–H groups in total. The van der Waals surface area contributed by atoms with Crippen LogP contribution in [0.15, 0.2) is 47.0 Å². The molecular formula is C13H11N5S. The van der Waals surface area contributed by atoms with E-state index < -0.39 is 0 Å². The van der Waals surface area contributed by atoms with Crippen LogP contribution in [0.4, 0.5) is 5.69 Å². The lowest BCUT2D eigenvalue weighted by molar-refractivity contribution is 0.928. The van der Waals surface area contributed by atoms with E-state index in [0.29, 0.717) is 10.8 Å². The zero-order chi connectivity index (χ0) is 13.2. The van der Waals surface area contributed by atoms with Gasteiger partial charge in [0.2, 0.25) is 0 Å². The molecule has 5 nitrogen and oxygen atoms in total. The first kappa shape index (κ1) is 11.9. The maximum absolute atomic E-state index is 5.75. The Labute approximate surface area is 114 Å². The molecule has 0 aliphatic rings. The number of nitrogen functional groups attached to an aromatic ring is 1. The summed E-state index contributed by atoms with van der Waals surface area (Å²) in [6.07, 6.45) is 3.27. The SMILES string of the molecule is Cc1ccnc(Sc2ncnc3cc(N)ccc23)n1. The Morgan fingerprint density at radius 3 is 2.84 bits per heavy atom. The third kappa shape index (κ3) is 2.48. The molecule has 3 rings (SSSR count). The van der Waals surface area contributed by atoms with Crippen molar-refractivity contribution in [3.63, 3.8) is 0 Å². The number of nitrogens with two attached hydrogens (primary N) is 1. The van der Waals surface area contributed by atoms with Crippen LogP contribution < -0.4 is 5.73 Å². The minimum atomic E-state index is 0.678. The lowest BCUT2D eigenvalue weighted by Crippen LogP contribution is -1.92. The zero-order valence-corrected chi connectivity index (χ0v) is 11.1. The second-order valence-electron chi connectivity index (χ2n) is 4.04. The molecule has 0 bridgehead atoms. The highest BCUT2D eigenvalue weighted by Gasteiger charge is 2.07. The quantitative estimate of drug-likeness (QED) is 0.437. The Kier molecular flexibility index (Phi) is 3.00. The average Bonchev–Trinajstić information content (AvgIpc) is 2.38. The number of hydrogen-bond donors (Lipinski definition) is 1. The first-order chi connectivity index (χ1) is 9.22. The largest absolute Gasteiger partial charge is 0.399 e. The van der Waals surface area contributed by atoms with Gasteiger partial charge >= 0.3 is 0 Å². The van der Waals surface area contributed by atoms with E-state index in [2.05, 4.69) is 19.9 Å². The first-order valence-electron chi connectivity index (χ1n) is 5.70. The Morgan fingerprint density at radius 1 is 1.11 bits per heavy atom. The van der Waals surface area contributed by atoms with Crippen LogP contribution in [0.1, 0.15) is 5.69 Å². The molecule has 0 spiro atoms. The lowest BCUT2D eigenvalue weighted by atomic mass is 10.2. The Hall–Kier alpha value is -2.21. The Balaban J connectivity index is 2.06. The highest BCUT2D eigenvalue weighted by atomic mass is 32.2. The van der Waals surface area contributed by atoms with Gasteiger partial charge in [-0.3, -0.25) is 0 Å². The molecule has 94 valence electrons. The molecule has 19 heavy (non-hydrogen) atoms. The van der Waals surface area contributed by atoms with Gasteiger partial charge in [-0.2, -0.15) is 0 Å². The van der Waals surface area contributed by atoms with Gasteiger partial charge in [0.25, 0.3) is 0 Å². The number of hydrogen-bond acceptors (Lipinski definition) is 6. The summed E-state index contributed by atoms with van der Waals surface area (Å²) >= 11 is 1.42. The first-order valence-corrected chi connectivity index (χ1v) is 6.52. The molecular weight excluding hydrogens is 258 g/mol. The number of nitrogens with zero attached hydrogens (tertiary/aromatic N) is 4. The molecule has 2 aromatic heterocycles. The van der Waals surface area contributed by atoms with Gasteiger partial charge in [0.1, 0.15) is 11.4 Å². The van der Waals surface area contributed by atoms with Gasteiger partial charge < -0.3 is 5.73 Å². The van der Waals surface area contributed by atoms with E-state index in [9.17, 15) is 0 Å². The van der Waals surface area contributed by atoms with Crippen LogP contribution in [0.3, 0.4) is 0 Å². The number of aromatic nitrogens is 4. The van der Waals surface area contributed by atoms with E-state index >= 15 is 0 Å². The molecule has 0 aliphatic heterocycles. The average molecular weight is 269 g/mol. The van der Waals surface area contributed by atoms with Crippen molar-refractivity contribution in [2.75, 3.05) is 5.73 Å². The van der Waals surface area contributed by atoms with Crippen molar-refractivity contribution in [3.8, 4) is 0 Å². The van der Waals surface area contributed by atoms with Crippen LogP contribution in [-0.2, 0) is 0 Å². The highest BCUT2D eigenvalue weighted by molar-refractivity contribution is 7.99. The number of benzene rings is 1. The summed E-state index contributed by atoms with van der Waals surface area (Å²) in [4.78, 5) is 17.1. The van der Waals surface area contributed by atoms with Gasteiger partial charge in [-0.1, -0.05) is 0 Å². The molecule has 0 saturated heterocycles. The summed E-state index contributed by atoms with van der Waals surface area (Å²) in [6.45, 7) is 1.94. The summed E-state index contributed by atoms with van der Waals surface area (Å²) in [7, 11) is 0. The van der Waals surface area contributed by atoms with Gasteiger partial charge in [-0.25, -0.2) is 19.9 Å². The Morgan fingerprint density at radius 2 is 2.00 bits per heavy atom. The van der Waals surface area contributed by atoms with Crippen LogP contribution in [0.25, 0.3) is 10.9 Å². The summed E-state index contributed by atoms with van der Waals surface area (Å²) in [5, 5.41) is 2.46. The highest BCUT2D eigenvalue weighted by Crippen LogP contribution is 2.29. The third-order valence-electron chi connectivity index (χ3n) is 2.58. The minimum Gasteiger partial charge on any atom is -0.399 e. The predicted octanol–water partition coefficient (Wildman–Crippen LogP) is 2.46. The van der Waals surface area contributed by atoms with E-state index in [0.717, 1.165) is 21.6 Å². The fourth-order valence-corrected chi connectivity index (χ4v) is 2.55. The van der Waals surface area contributed by atoms with Gasteiger partial charge in [0, 0.05) is 23.0 Å². The molecule has 2 heterocycles. The fraction of sp³-hybridized carbons (Fsp3) is 0.0769. The van der Waals surface area contributed by atoms with Crippen molar-refractivity contribution in [2.24, 2.45) is 0 Å². The normalized spacial score (nSPS) is 10.8. The van der Waals surface area contributed by atoms with Gasteiger partial charge in [-0.15, -0.1) is 0 Å². The van der Waals surface area contributed by atoms with E-state index in [1.54, 1.807) is 6.20 Å². The number of aryl methyl sites for hydroxylation is 1. The fourth-order valence-electron chi connectivity index (χ4n) is 1.69. The monoisotopic (exact) mass is 269 g/mol. The molecule has 0 aliphatic carbocycles. The van der Waals surface area contributed by atoms with Crippen molar-refractivity contribution >= 4 is 28.4 Å². The molecule has 0 saturated carbocycles. The van der Waals surface area contributed by atoms with Crippen LogP contribution in [0.2, 0.25) is 0 Å². The van der Waals surface area contributed by atoms with Gasteiger partial charge in [-0.05, 0) is 43.0 Å². The number of rotatable bonds is 2. The van der Waals surface area contributed by atoms with Crippen LogP contribution >= 0.6 is 11.8 Å². The molecule has 1 aromatic carbocycles. The Bertz CT molecular complexity index is 744. The maximum atomic E-state index is 5.75. The van der Waals surface area contributed by atoms with Crippen molar-refractivity contribution in [1.82, 2.24) is 19.9 Å². The number of anilines is 1. The predicted molar refractivity (Wildman–Crippen MR) is 74.8 cm³/mol. The molecule has 6 heteroatoms. The zero-order valence-electron chi connectivity index (χ0n) is 10.2. The van der Waals surface area contributed by atoms with Gasteiger partial charge in [0.05, 0.1) is 5.52 Å². The second-order valence-corrected chi connectivity index (χ2v) is 4.99. The molecule has 0 amide bonds. The van der Waals surface area contributed by atoms with Crippen LogP contribution in [0, 0.1) is 6.92 Å². The van der Waals surface area contributed by atoms with E-state index in [1.165, 1.54) is 18.1 Å². The standard InChI is InChI=1S/C13H11N5S/c1-8-4-5-15-13(18-8)19-12-10-3-2-9(14)6-11(10)16-7-17-12/h2-7H,14H2,1H3. The minimum absolute atomic E-state index is 0.678. The van der Waals surface area contributed by atoms with Gasteiger partial charge in [0.15, 0.2) is 5.16 Å². The van der Waals surface area contributed by atoms with Crippen LogP contribution in [0.5, 0.6) is 0 Å². The molecule has 0 unspecified atom stereocenters. The van der Waals surface area contributed by atoms with E-state index in [-0.39, 0.29) is 0 Å². The molecule has 0 radical (unpaired) electrons. The summed E-state index contributed by atoms with van der Waals surface area (Å²) in [5.41, 5.74) is 8.20. The van der Waals surface area contributed by atoms with Crippen molar-refractivity contribution in [1.29, 1.82) is 0 Å². The third-order valence-corrected chi connectivity index (χ3v) is 3.48. The number of fused-ring (bicyclic) bond motifs is 1. The maximum Gasteiger partial charge on any atom is 0.194 e. The van der Waals surface area contributed by atoms with E-state index in [4.69, 9.17) is 5.73 Å². The van der Waals surface area contributed by atoms with Crippen molar-refractivity contribution in [3.05, 3.63) is 42.5 Å². The van der Waals surface area contributed by atoms with Crippen molar-refractivity contribution < 1.29 is 0 Å². The topological polar surface area (TPSA) is 77.6 Å².